The van der Waals surface area contributed by atoms with Crippen LogP contribution >= 0.6 is 0 Å². The van der Waals surface area contributed by atoms with Crippen LogP contribution in [0.25, 0.3) is 0 Å². The first kappa shape index (κ1) is 15.0. The number of ether oxygens (including phenoxy) is 1. The van der Waals surface area contributed by atoms with E-state index in [1.807, 2.05) is 12.1 Å². The molecule has 1 heterocycles. The van der Waals surface area contributed by atoms with E-state index < -0.39 is 0 Å². The molecule has 1 aromatic rings. The third kappa shape index (κ3) is 4.06. The molecule has 3 nitrogen and oxygen atoms in total. The lowest BCUT2D eigenvalue weighted by Crippen LogP contribution is -2.25. The van der Waals surface area contributed by atoms with Crippen LogP contribution in [-0.4, -0.2) is 11.0 Å². The zero-order chi connectivity index (χ0) is 14.4. The molecule has 2 rings (SSSR count). The van der Waals surface area contributed by atoms with Gasteiger partial charge in [0.1, 0.15) is 5.75 Å². The predicted molar refractivity (Wildman–Crippen MR) is 79.6 cm³/mol. The quantitative estimate of drug-likeness (QED) is 0.758. The van der Waals surface area contributed by atoms with Crippen molar-refractivity contribution in [2.75, 3.05) is 0 Å². The smallest absolute Gasteiger partial charge is 0.314 e. The van der Waals surface area contributed by atoms with Crippen LogP contribution in [0.2, 0.25) is 0 Å². The number of pyridine rings is 1. The largest absolute Gasteiger partial charge is 0.425 e. The van der Waals surface area contributed by atoms with E-state index in [4.69, 9.17) is 4.74 Å². The fourth-order valence-corrected chi connectivity index (χ4v) is 2.88. The standard InChI is InChI=1S/C17H25NO2/c1-3-5-15-10-11-16(12-18-15)20-17(19)14-8-6-13(4-2)7-9-14/h10-14H,3-9H2,1-2H3. The minimum Gasteiger partial charge on any atom is -0.425 e. The van der Waals surface area contributed by atoms with E-state index in [0.29, 0.717) is 5.75 Å². The lowest BCUT2D eigenvalue weighted by molar-refractivity contribution is -0.140. The highest BCUT2D eigenvalue weighted by molar-refractivity contribution is 5.75. The SMILES string of the molecule is CCCc1ccc(OC(=O)C2CCC(CC)CC2)cn1. The highest BCUT2D eigenvalue weighted by Crippen LogP contribution is 2.31. The molecule has 1 aliphatic carbocycles. The molecule has 0 aromatic carbocycles. The third-order valence-corrected chi connectivity index (χ3v) is 4.28. The Bertz CT molecular complexity index is 419. The van der Waals surface area contributed by atoms with Crippen molar-refractivity contribution in [3.63, 3.8) is 0 Å². The molecular formula is C17H25NO2. The topological polar surface area (TPSA) is 39.2 Å². The Labute approximate surface area is 121 Å². The Morgan fingerprint density at radius 2 is 2.00 bits per heavy atom. The molecule has 0 amide bonds. The van der Waals surface area contributed by atoms with Crippen molar-refractivity contribution in [2.45, 2.75) is 58.8 Å². The second kappa shape index (κ2) is 7.41. The Morgan fingerprint density at radius 1 is 1.25 bits per heavy atom. The minimum absolute atomic E-state index is 0.0770. The summed E-state index contributed by atoms with van der Waals surface area (Å²) in [6, 6.07) is 3.80. The average Bonchev–Trinajstić information content (AvgIpc) is 2.49. The molecule has 110 valence electrons. The summed E-state index contributed by atoms with van der Waals surface area (Å²) in [5, 5.41) is 0. The number of carbonyl (C=O) groups is 1. The third-order valence-electron chi connectivity index (χ3n) is 4.28. The minimum atomic E-state index is -0.0791. The number of aromatic nitrogens is 1. The molecule has 0 bridgehead atoms. The van der Waals surface area contributed by atoms with Gasteiger partial charge in [-0.2, -0.15) is 0 Å². The van der Waals surface area contributed by atoms with E-state index in [1.54, 1.807) is 6.20 Å². The number of carbonyl (C=O) groups excluding carboxylic acids is 1. The van der Waals surface area contributed by atoms with Crippen molar-refractivity contribution in [1.82, 2.24) is 4.98 Å². The molecule has 0 saturated heterocycles. The Hall–Kier alpha value is -1.38. The molecule has 0 atom stereocenters. The number of esters is 1. The maximum atomic E-state index is 12.1. The Balaban J connectivity index is 1.85. The number of rotatable bonds is 5. The average molecular weight is 275 g/mol. The molecule has 3 heteroatoms. The fourth-order valence-electron chi connectivity index (χ4n) is 2.88. The number of hydrogen-bond acceptors (Lipinski definition) is 3. The van der Waals surface area contributed by atoms with Crippen LogP contribution in [0, 0.1) is 11.8 Å². The molecule has 1 saturated carbocycles. The summed E-state index contributed by atoms with van der Waals surface area (Å²) >= 11 is 0. The molecule has 1 aliphatic rings. The second-order valence-corrected chi connectivity index (χ2v) is 5.78. The molecular weight excluding hydrogens is 250 g/mol. The van der Waals surface area contributed by atoms with Gasteiger partial charge in [0.15, 0.2) is 0 Å². The van der Waals surface area contributed by atoms with Gasteiger partial charge in [-0.05, 0) is 50.2 Å². The van der Waals surface area contributed by atoms with Gasteiger partial charge in [-0.1, -0.05) is 26.7 Å². The van der Waals surface area contributed by atoms with Gasteiger partial charge in [-0.3, -0.25) is 9.78 Å². The van der Waals surface area contributed by atoms with Gasteiger partial charge < -0.3 is 4.74 Å². The van der Waals surface area contributed by atoms with Gasteiger partial charge in [0.2, 0.25) is 0 Å². The van der Waals surface area contributed by atoms with Crippen LogP contribution in [0.4, 0.5) is 0 Å². The van der Waals surface area contributed by atoms with E-state index >= 15 is 0 Å². The maximum absolute atomic E-state index is 12.1. The van der Waals surface area contributed by atoms with Crippen LogP contribution in [0.15, 0.2) is 18.3 Å². The van der Waals surface area contributed by atoms with Crippen LogP contribution < -0.4 is 4.74 Å². The predicted octanol–water partition coefficient (Wildman–Crippen LogP) is 4.16. The molecule has 1 fully saturated rings. The van der Waals surface area contributed by atoms with Gasteiger partial charge in [-0.25, -0.2) is 0 Å². The van der Waals surface area contributed by atoms with Crippen LogP contribution in [0.1, 0.15) is 58.1 Å². The van der Waals surface area contributed by atoms with E-state index in [1.165, 1.54) is 6.42 Å². The highest BCUT2D eigenvalue weighted by Gasteiger charge is 2.26. The van der Waals surface area contributed by atoms with E-state index in [9.17, 15) is 4.79 Å². The number of hydrogen-bond donors (Lipinski definition) is 0. The first-order valence-electron chi connectivity index (χ1n) is 7.89. The molecule has 0 unspecified atom stereocenters. The van der Waals surface area contributed by atoms with Crippen LogP contribution in [0.3, 0.4) is 0 Å². The van der Waals surface area contributed by atoms with E-state index in [2.05, 4.69) is 18.8 Å². The summed E-state index contributed by atoms with van der Waals surface area (Å²) in [6.07, 6.45) is 9.19. The summed E-state index contributed by atoms with van der Waals surface area (Å²) in [5.41, 5.74) is 1.05. The maximum Gasteiger partial charge on any atom is 0.314 e. The molecule has 0 aliphatic heterocycles. The summed E-state index contributed by atoms with van der Waals surface area (Å²) in [4.78, 5) is 16.4. The molecule has 1 aromatic heterocycles. The van der Waals surface area contributed by atoms with Gasteiger partial charge in [0, 0.05) is 5.69 Å². The Morgan fingerprint density at radius 3 is 2.55 bits per heavy atom. The first-order chi connectivity index (χ1) is 9.72. The van der Waals surface area contributed by atoms with Crippen LogP contribution in [-0.2, 0) is 11.2 Å². The van der Waals surface area contributed by atoms with Crippen molar-refractivity contribution >= 4 is 5.97 Å². The summed E-state index contributed by atoms with van der Waals surface area (Å²) < 4.78 is 5.45. The molecule has 0 radical (unpaired) electrons. The van der Waals surface area contributed by atoms with Crippen LogP contribution in [0.5, 0.6) is 5.75 Å². The highest BCUT2D eigenvalue weighted by atomic mass is 16.5. The lowest BCUT2D eigenvalue weighted by Gasteiger charge is -2.26. The van der Waals surface area contributed by atoms with Crippen molar-refractivity contribution in [1.29, 1.82) is 0 Å². The second-order valence-electron chi connectivity index (χ2n) is 5.78. The molecule has 0 spiro atoms. The normalized spacial score (nSPS) is 22.5. The van der Waals surface area contributed by atoms with Gasteiger partial charge in [-0.15, -0.1) is 0 Å². The van der Waals surface area contributed by atoms with Gasteiger partial charge in [0.25, 0.3) is 0 Å². The van der Waals surface area contributed by atoms with Crippen molar-refractivity contribution in [3.8, 4) is 5.75 Å². The Kier molecular flexibility index (Phi) is 5.57. The fraction of sp³-hybridized carbons (Fsp3) is 0.647. The summed E-state index contributed by atoms with van der Waals surface area (Å²) in [5.74, 6) is 1.37. The molecule has 20 heavy (non-hydrogen) atoms. The zero-order valence-electron chi connectivity index (χ0n) is 12.6. The lowest BCUT2D eigenvalue weighted by atomic mass is 9.81. The monoisotopic (exact) mass is 275 g/mol. The summed E-state index contributed by atoms with van der Waals surface area (Å²) in [6.45, 7) is 4.36. The van der Waals surface area contributed by atoms with E-state index in [-0.39, 0.29) is 11.9 Å². The summed E-state index contributed by atoms with van der Waals surface area (Å²) in [7, 11) is 0. The first-order valence-corrected chi connectivity index (χ1v) is 7.89. The van der Waals surface area contributed by atoms with Gasteiger partial charge >= 0.3 is 5.97 Å². The molecule has 0 N–H and O–H groups in total. The van der Waals surface area contributed by atoms with Crippen molar-refractivity contribution in [2.24, 2.45) is 11.8 Å². The number of nitrogens with zero attached hydrogens (tertiary/aromatic N) is 1. The van der Waals surface area contributed by atoms with Crippen molar-refractivity contribution < 1.29 is 9.53 Å². The van der Waals surface area contributed by atoms with Crippen molar-refractivity contribution in [3.05, 3.63) is 24.0 Å². The zero-order valence-corrected chi connectivity index (χ0v) is 12.6. The van der Waals surface area contributed by atoms with E-state index in [0.717, 1.165) is 50.1 Å². The number of aryl methyl sites for hydroxylation is 1. The van der Waals surface area contributed by atoms with Gasteiger partial charge in [0.05, 0.1) is 12.1 Å².